The van der Waals surface area contributed by atoms with Crippen molar-refractivity contribution in [3.8, 4) is 0 Å². The van der Waals surface area contributed by atoms with E-state index in [1.807, 2.05) is 6.92 Å². The number of aliphatic hydroxyl groups excluding tert-OH is 1. The quantitative estimate of drug-likeness (QED) is 0.884. The van der Waals surface area contributed by atoms with Crippen molar-refractivity contribution in [2.75, 3.05) is 13.7 Å². The van der Waals surface area contributed by atoms with Crippen LogP contribution in [0.1, 0.15) is 12.5 Å². The number of hydrogen-bond acceptors (Lipinski definition) is 2. The summed E-state index contributed by atoms with van der Waals surface area (Å²) in [5.74, 6) is 0.0695. The van der Waals surface area contributed by atoms with Crippen molar-refractivity contribution in [3.63, 3.8) is 0 Å². The molecule has 16 heavy (non-hydrogen) atoms. The second kappa shape index (κ2) is 6.45. The Bertz CT molecular complexity index is 342. The number of aliphatic hydroxyl groups is 1. The molecule has 1 rings (SSSR count). The third-order valence-electron chi connectivity index (χ3n) is 2.52. The zero-order valence-electron chi connectivity index (χ0n) is 9.41. The maximum absolute atomic E-state index is 9.94. The van der Waals surface area contributed by atoms with Gasteiger partial charge in [0.1, 0.15) is 0 Å². The van der Waals surface area contributed by atoms with Gasteiger partial charge in [-0.1, -0.05) is 30.1 Å². The Morgan fingerprint density at radius 2 is 2.06 bits per heavy atom. The van der Waals surface area contributed by atoms with Crippen molar-refractivity contribution < 1.29 is 9.84 Å². The maximum Gasteiger partial charge on any atom is 0.0628 e. The van der Waals surface area contributed by atoms with Gasteiger partial charge in [0.2, 0.25) is 0 Å². The summed E-state index contributed by atoms with van der Waals surface area (Å²) in [5.41, 5.74) is 0.865. The third kappa shape index (κ3) is 3.95. The van der Waals surface area contributed by atoms with Crippen LogP contribution in [0, 0.1) is 5.92 Å². The van der Waals surface area contributed by atoms with E-state index >= 15 is 0 Å². The molecule has 2 nitrogen and oxygen atoms in total. The van der Waals surface area contributed by atoms with E-state index in [1.54, 1.807) is 25.3 Å². The molecule has 0 radical (unpaired) electrons. The molecule has 2 unspecified atom stereocenters. The van der Waals surface area contributed by atoms with Gasteiger partial charge in [0, 0.05) is 29.5 Å². The van der Waals surface area contributed by atoms with Gasteiger partial charge >= 0.3 is 0 Å². The molecule has 0 spiro atoms. The molecule has 0 aliphatic carbocycles. The SMILES string of the molecule is COCC(C)C(O)Cc1cc(Cl)ccc1Cl. The average Bonchev–Trinajstić information content (AvgIpc) is 2.23. The van der Waals surface area contributed by atoms with Crippen LogP contribution in [0.15, 0.2) is 18.2 Å². The van der Waals surface area contributed by atoms with E-state index in [9.17, 15) is 5.11 Å². The highest BCUT2D eigenvalue weighted by atomic mass is 35.5. The average molecular weight is 263 g/mol. The van der Waals surface area contributed by atoms with Crippen LogP contribution in [0.2, 0.25) is 10.0 Å². The number of halogens is 2. The largest absolute Gasteiger partial charge is 0.392 e. The highest BCUT2D eigenvalue weighted by Crippen LogP contribution is 2.23. The van der Waals surface area contributed by atoms with Crippen LogP contribution in [0.4, 0.5) is 0 Å². The summed E-state index contributed by atoms with van der Waals surface area (Å²) in [5, 5.41) is 11.2. The molecule has 90 valence electrons. The summed E-state index contributed by atoms with van der Waals surface area (Å²) in [6.45, 7) is 2.46. The molecule has 2 atom stereocenters. The Morgan fingerprint density at radius 1 is 1.38 bits per heavy atom. The molecule has 4 heteroatoms. The van der Waals surface area contributed by atoms with Gasteiger partial charge in [-0.05, 0) is 23.8 Å². The highest BCUT2D eigenvalue weighted by molar-refractivity contribution is 6.33. The van der Waals surface area contributed by atoms with Crippen LogP contribution in [0.3, 0.4) is 0 Å². The number of hydrogen-bond donors (Lipinski definition) is 1. The Labute approximate surface area is 106 Å². The van der Waals surface area contributed by atoms with Crippen LogP contribution in [-0.4, -0.2) is 24.9 Å². The van der Waals surface area contributed by atoms with Gasteiger partial charge in [0.25, 0.3) is 0 Å². The van der Waals surface area contributed by atoms with E-state index in [-0.39, 0.29) is 5.92 Å². The first-order chi connectivity index (χ1) is 7.54. The van der Waals surface area contributed by atoms with Crippen LogP contribution >= 0.6 is 23.2 Å². The molecule has 1 aromatic carbocycles. The van der Waals surface area contributed by atoms with Gasteiger partial charge in [-0.2, -0.15) is 0 Å². The van der Waals surface area contributed by atoms with Crippen molar-refractivity contribution in [2.24, 2.45) is 5.92 Å². The van der Waals surface area contributed by atoms with Gasteiger partial charge in [0.15, 0.2) is 0 Å². The summed E-state index contributed by atoms with van der Waals surface area (Å²) in [4.78, 5) is 0. The lowest BCUT2D eigenvalue weighted by Gasteiger charge is -2.18. The normalized spacial score (nSPS) is 14.8. The molecular formula is C12H16Cl2O2. The topological polar surface area (TPSA) is 29.5 Å². The van der Waals surface area contributed by atoms with Gasteiger partial charge in [0.05, 0.1) is 12.7 Å². The monoisotopic (exact) mass is 262 g/mol. The summed E-state index contributed by atoms with van der Waals surface area (Å²) in [6.07, 6.45) is 0.0140. The first-order valence-electron chi connectivity index (χ1n) is 5.15. The fraction of sp³-hybridized carbons (Fsp3) is 0.500. The lowest BCUT2D eigenvalue weighted by Crippen LogP contribution is -2.24. The molecule has 0 bridgehead atoms. The molecule has 0 aromatic heterocycles. The van der Waals surface area contributed by atoms with Crippen molar-refractivity contribution in [2.45, 2.75) is 19.4 Å². The Hall–Kier alpha value is -0.280. The van der Waals surface area contributed by atoms with Gasteiger partial charge in [-0.15, -0.1) is 0 Å². The number of rotatable bonds is 5. The van der Waals surface area contributed by atoms with Crippen molar-refractivity contribution >= 4 is 23.2 Å². The predicted octanol–water partition coefficient (Wildman–Crippen LogP) is 3.18. The van der Waals surface area contributed by atoms with E-state index in [0.29, 0.717) is 23.1 Å². The summed E-state index contributed by atoms with van der Waals surface area (Å²) >= 11 is 11.9. The molecule has 1 N–H and O–H groups in total. The second-order valence-electron chi connectivity index (χ2n) is 3.94. The third-order valence-corrected chi connectivity index (χ3v) is 3.13. The second-order valence-corrected chi connectivity index (χ2v) is 4.78. The lowest BCUT2D eigenvalue weighted by molar-refractivity contribution is 0.0575. The zero-order chi connectivity index (χ0) is 12.1. The van der Waals surface area contributed by atoms with E-state index in [0.717, 1.165) is 5.56 Å². The number of methoxy groups -OCH3 is 1. The molecule has 0 aliphatic rings. The standard InChI is InChI=1S/C12H16Cl2O2/c1-8(7-16-2)12(15)6-9-5-10(13)3-4-11(9)14/h3-5,8,12,15H,6-7H2,1-2H3. The Kier molecular flexibility index (Phi) is 5.56. The zero-order valence-corrected chi connectivity index (χ0v) is 10.9. The van der Waals surface area contributed by atoms with Crippen LogP contribution in [0.5, 0.6) is 0 Å². The molecule has 0 amide bonds. The lowest BCUT2D eigenvalue weighted by atomic mass is 9.98. The minimum atomic E-state index is -0.476. The Balaban J connectivity index is 2.68. The van der Waals surface area contributed by atoms with Crippen LogP contribution in [0.25, 0.3) is 0 Å². The molecule has 1 aromatic rings. The summed E-state index contributed by atoms with van der Waals surface area (Å²) in [7, 11) is 1.62. The van der Waals surface area contributed by atoms with E-state index < -0.39 is 6.10 Å². The fourth-order valence-corrected chi connectivity index (χ4v) is 1.89. The minimum Gasteiger partial charge on any atom is -0.392 e. The summed E-state index contributed by atoms with van der Waals surface area (Å²) < 4.78 is 5.00. The molecule has 0 saturated heterocycles. The maximum atomic E-state index is 9.94. The smallest absolute Gasteiger partial charge is 0.0628 e. The van der Waals surface area contributed by atoms with Crippen LogP contribution < -0.4 is 0 Å². The molecule has 0 fully saturated rings. The molecular weight excluding hydrogens is 247 g/mol. The van der Waals surface area contributed by atoms with E-state index in [1.165, 1.54) is 0 Å². The van der Waals surface area contributed by atoms with Gasteiger partial charge in [-0.3, -0.25) is 0 Å². The van der Waals surface area contributed by atoms with Crippen LogP contribution in [-0.2, 0) is 11.2 Å². The van der Waals surface area contributed by atoms with Crippen molar-refractivity contribution in [3.05, 3.63) is 33.8 Å². The molecule has 0 heterocycles. The molecule has 0 aliphatic heterocycles. The number of ether oxygens (including phenoxy) is 1. The van der Waals surface area contributed by atoms with Crippen molar-refractivity contribution in [1.29, 1.82) is 0 Å². The molecule has 0 saturated carbocycles. The Morgan fingerprint density at radius 3 is 2.69 bits per heavy atom. The van der Waals surface area contributed by atoms with E-state index in [4.69, 9.17) is 27.9 Å². The van der Waals surface area contributed by atoms with Gasteiger partial charge in [-0.25, -0.2) is 0 Å². The predicted molar refractivity (Wildman–Crippen MR) is 67.2 cm³/mol. The van der Waals surface area contributed by atoms with E-state index in [2.05, 4.69) is 0 Å². The highest BCUT2D eigenvalue weighted by Gasteiger charge is 2.16. The first kappa shape index (κ1) is 13.8. The minimum absolute atomic E-state index is 0.0695. The first-order valence-corrected chi connectivity index (χ1v) is 5.91. The fourth-order valence-electron chi connectivity index (χ4n) is 1.50. The summed E-state index contributed by atoms with van der Waals surface area (Å²) in [6, 6.07) is 5.26. The van der Waals surface area contributed by atoms with Crippen molar-refractivity contribution in [1.82, 2.24) is 0 Å². The van der Waals surface area contributed by atoms with Gasteiger partial charge < -0.3 is 9.84 Å². The number of benzene rings is 1.